The van der Waals surface area contributed by atoms with E-state index in [4.69, 9.17) is 4.74 Å². The molecule has 0 bridgehead atoms. The first-order valence-electron chi connectivity index (χ1n) is 5.69. The van der Waals surface area contributed by atoms with E-state index in [1.807, 2.05) is 0 Å². The number of benzene rings is 1. The summed E-state index contributed by atoms with van der Waals surface area (Å²) in [5.74, 6) is -1.42. The lowest BCUT2D eigenvalue weighted by Gasteiger charge is -2.12. The largest absolute Gasteiger partial charge is 0.505 e. The fraction of sp³-hybridized carbons (Fsp3) is 0.462. The van der Waals surface area contributed by atoms with Gasteiger partial charge in [0.1, 0.15) is 0 Å². The van der Waals surface area contributed by atoms with Crippen LogP contribution < -0.4 is 0 Å². The Morgan fingerprint density at radius 2 is 2.35 bits per heavy atom. The Hall–Kier alpha value is -1.58. The molecule has 0 heterocycles. The van der Waals surface area contributed by atoms with Crippen LogP contribution in [0, 0.1) is 11.7 Å². The quantitative estimate of drug-likeness (QED) is 0.757. The third-order valence-electron chi connectivity index (χ3n) is 4.11. The van der Waals surface area contributed by atoms with Crippen LogP contribution in [0.25, 0.3) is 0 Å². The van der Waals surface area contributed by atoms with Crippen LogP contribution in [0.2, 0.25) is 0 Å². The van der Waals surface area contributed by atoms with E-state index in [0.29, 0.717) is 12.0 Å². The molecule has 4 heteroatoms. The van der Waals surface area contributed by atoms with Crippen LogP contribution in [0.3, 0.4) is 0 Å². The second-order valence-corrected chi connectivity index (χ2v) is 4.87. The number of fused-ring (bicyclic) bond motifs is 2. The summed E-state index contributed by atoms with van der Waals surface area (Å²) < 4.78 is 18.7. The maximum absolute atomic E-state index is 14.0. The van der Waals surface area contributed by atoms with E-state index in [1.165, 1.54) is 13.2 Å². The highest BCUT2D eigenvalue weighted by Gasteiger charge is 2.63. The maximum atomic E-state index is 14.0. The van der Waals surface area contributed by atoms with Gasteiger partial charge in [-0.3, -0.25) is 4.79 Å². The van der Waals surface area contributed by atoms with Gasteiger partial charge in [-0.15, -0.1) is 0 Å². The predicted molar refractivity (Wildman–Crippen MR) is 58.2 cm³/mol. The Kier molecular flexibility index (Phi) is 2.00. The molecule has 3 rings (SSSR count). The Balaban J connectivity index is 2.06. The number of phenols is 1. The summed E-state index contributed by atoms with van der Waals surface area (Å²) in [6, 6.07) is 3.12. The van der Waals surface area contributed by atoms with Gasteiger partial charge in [0.25, 0.3) is 0 Å². The lowest BCUT2D eigenvalue weighted by atomic mass is 9.94. The molecule has 1 aromatic carbocycles. The van der Waals surface area contributed by atoms with Crippen LogP contribution in [-0.4, -0.2) is 18.2 Å². The fourth-order valence-electron chi connectivity index (χ4n) is 3.14. The molecule has 2 aliphatic rings. The number of carbonyl (C=O) groups excluding carboxylic acids is 1. The van der Waals surface area contributed by atoms with Crippen molar-refractivity contribution in [3.8, 4) is 5.75 Å². The topological polar surface area (TPSA) is 46.5 Å². The van der Waals surface area contributed by atoms with E-state index in [1.54, 1.807) is 6.07 Å². The van der Waals surface area contributed by atoms with Crippen molar-refractivity contribution in [3.63, 3.8) is 0 Å². The second-order valence-electron chi connectivity index (χ2n) is 4.87. The first-order chi connectivity index (χ1) is 8.10. The number of halogens is 1. The molecule has 2 atom stereocenters. The highest BCUT2D eigenvalue weighted by Crippen LogP contribution is 2.63. The van der Waals surface area contributed by atoms with Crippen molar-refractivity contribution in [2.45, 2.75) is 24.7 Å². The molecule has 3 nitrogen and oxygen atoms in total. The number of methoxy groups -OCH3 is 1. The summed E-state index contributed by atoms with van der Waals surface area (Å²) in [5, 5.41) is 9.43. The molecule has 1 spiro atoms. The number of aryl methyl sites for hydroxylation is 1. The van der Waals surface area contributed by atoms with Gasteiger partial charge in [-0.1, -0.05) is 6.07 Å². The van der Waals surface area contributed by atoms with Gasteiger partial charge in [-0.25, -0.2) is 4.39 Å². The van der Waals surface area contributed by atoms with Crippen LogP contribution in [0.1, 0.15) is 24.0 Å². The molecular formula is C13H13FO3. The molecule has 17 heavy (non-hydrogen) atoms. The number of aromatic hydroxyl groups is 1. The van der Waals surface area contributed by atoms with Crippen molar-refractivity contribution in [1.82, 2.24) is 0 Å². The van der Waals surface area contributed by atoms with Gasteiger partial charge in [-0.05, 0) is 30.9 Å². The predicted octanol–water partition coefficient (Wildman–Crippen LogP) is 1.91. The lowest BCUT2D eigenvalue weighted by molar-refractivity contribution is -0.142. The number of hydrogen-bond acceptors (Lipinski definition) is 3. The highest BCUT2D eigenvalue weighted by atomic mass is 19.1. The number of ether oxygens (including phenoxy) is 1. The van der Waals surface area contributed by atoms with Gasteiger partial charge >= 0.3 is 5.97 Å². The molecule has 1 aromatic rings. The van der Waals surface area contributed by atoms with Crippen LogP contribution >= 0.6 is 0 Å². The lowest BCUT2D eigenvalue weighted by Crippen LogP contribution is -2.15. The Labute approximate surface area is 98.2 Å². The van der Waals surface area contributed by atoms with E-state index in [2.05, 4.69) is 0 Å². The average Bonchev–Trinajstić information content (AvgIpc) is 2.92. The molecule has 0 aliphatic heterocycles. The van der Waals surface area contributed by atoms with Gasteiger partial charge in [0.15, 0.2) is 11.6 Å². The second kappa shape index (κ2) is 3.22. The van der Waals surface area contributed by atoms with Gasteiger partial charge in [0.2, 0.25) is 0 Å². The molecule has 0 aromatic heterocycles. The van der Waals surface area contributed by atoms with Crippen molar-refractivity contribution in [2.24, 2.45) is 5.92 Å². The SMILES string of the molecule is COC(=O)C1CC12CCc1ccc(O)c(F)c12. The summed E-state index contributed by atoms with van der Waals surface area (Å²) in [5.41, 5.74) is 1.03. The minimum Gasteiger partial charge on any atom is -0.505 e. The van der Waals surface area contributed by atoms with Crippen molar-refractivity contribution >= 4 is 5.97 Å². The molecule has 2 aliphatic carbocycles. The normalized spacial score (nSPS) is 29.2. The summed E-state index contributed by atoms with van der Waals surface area (Å²) >= 11 is 0. The van der Waals surface area contributed by atoms with Gasteiger partial charge in [-0.2, -0.15) is 0 Å². The first kappa shape index (κ1) is 10.6. The molecule has 1 N–H and O–H groups in total. The summed E-state index contributed by atoms with van der Waals surface area (Å²) in [7, 11) is 1.35. The number of rotatable bonds is 1. The van der Waals surface area contributed by atoms with E-state index >= 15 is 0 Å². The Morgan fingerprint density at radius 3 is 3.06 bits per heavy atom. The van der Waals surface area contributed by atoms with Gasteiger partial charge in [0, 0.05) is 11.0 Å². The van der Waals surface area contributed by atoms with E-state index in [0.717, 1.165) is 18.4 Å². The summed E-state index contributed by atoms with van der Waals surface area (Å²) in [6.45, 7) is 0. The standard InChI is InChI=1S/C13H13FO3/c1-17-12(16)8-6-13(8)5-4-7-2-3-9(15)11(14)10(7)13/h2-3,8,15H,4-6H2,1H3. The van der Waals surface area contributed by atoms with Crippen LogP contribution in [0.15, 0.2) is 12.1 Å². The Bertz CT molecular complexity index is 512. The molecule has 1 fully saturated rings. The minimum absolute atomic E-state index is 0.245. The van der Waals surface area contributed by atoms with Gasteiger partial charge in [0.05, 0.1) is 13.0 Å². The van der Waals surface area contributed by atoms with E-state index in [9.17, 15) is 14.3 Å². The summed E-state index contributed by atoms with van der Waals surface area (Å²) in [4.78, 5) is 11.5. The van der Waals surface area contributed by atoms with Crippen molar-refractivity contribution in [3.05, 3.63) is 29.1 Å². The monoisotopic (exact) mass is 236 g/mol. The third-order valence-corrected chi connectivity index (χ3v) is 4.11. The van der Waals surface area contributed by atoms with Crippen molar-refractivity contribution in [1.29, 1.82) is 0 Å². The molecule has 0 saturated heterocycles. The number of hydrogen-bond donors (Lipinski definition) is 1. The molecule has 1 saturated carbocycles. The highest BCUT2D eigenvalue weighted by molar-refractivity contribution is 5.80. The zero-order valence-corrected chi connectivity index (χ0v) is 9.50. The van der Waals surface area contributed by atoms with Gasteiger partial charge < -0.3 is 9.84 Å². The zero-order valence-electron chi connectivity index (χ0n) is 9.50. The smallest absolute Gasteiger partial charge is 0.309 e. The van der Waals surface area contributed by atoms with Crippen molar-refractivity contribution < 1.29 is 19.0 Å². The Morgan fingerprint density at radius 1 is 1.59 bits per heavy atom. The van der Waals surface area contributed by atoms with E-state index < -0.39 is 11.2 Å². The molecule has 2 unspecified atom stereocenters. The number of carbonyl (C=O) groups is 1. The van der Waals surface area contributed by atoms with Crippen LogP contribution in [0.5, 0.6) is 5.75 Å². The van der Waals surface area contributed by atoms with Crippen LogP contribution in [-0.2, 0) is 21.4 Å². The van der Waals surface area contributed by atoms with Crippen LogP contribution in [0.4, 0.5) is 4.39 Å². The molecule has 90 valence electrons. The van der Waals surface area contributed by atoms with Crippen molar-refractivity contribution in [2.75, 3.05) is 7.11 Å². The number of esters is 1. The van der Waals surface area contributed by atoms with E-state index in [-0.39, 0.29) is 17.6 Å². The average molecular weight is 236 g/mol. The fourth-order valence-corrected chi connectivity index (χ4v) is 3.14. The third kappa shape index (κ3) is 1.24. The first-order valence-corrected chi connectivity index (χ1v) is 5.69. The summed E-state index contributed by atoms with van der Waals surface area (Å²) in [6.07, 6.45) is 2.16. The molecule has 0 radical (unpaired) electrons. The maximum Gasteiger partial charge on any atom is 0.309 e. The molecular weight excluding hydrogens is 223 g/mol. The number of phenolic OH excluding ortho intramolecular Hbond substituents is 1. The molecule has 0 amide bonds. The zero-order chi connectivity index (χ0) is 12.2. The minimum atomic E-state index is -0.564.